The summed E-state index contributed by atoms with van der Waals surface area (Å²) in [5.74, 6) is 0.951. The number of nitrogens with zero attached hydrogens (tertiary/aromatic N) is 1. The van der Waals surface area contributed by atoms with Crippen LogP contribution in [0, 0.1) is 0 Å². The van der Waals surface area contributed by atoms with Crippen molar-refractivity contribution in [2.45, 2.75) is 38.6 Å². The Morgan fingerprint density at radius 2 is 1.95 bits per heavy atom. The summed E-state index contributed by atoms with van der Waals surface area (Å²) >= 11 is 0. The molecule has 0 fully saturated rings. The molecule has 0 amide bonds. The second-order valence-electron chi connectivity index (χ2n) is 6.43. The molecule has 1 unspecified atom stereocenters. The van der Waals surface area contributed by atoms with E-state index >= 15 is 0 Å². The van der Waals surface area contributed by atoms with Gasteiger partial charge in [-0.2, -0.15) is 0 Å². The highest BCUT2D eigenvalue weighted by atomic mass is 16.3. The largest absolute Gasteiger partial charge is 0.508 e. The smallest absolute Gasteiger partial charge is 0.116 e. The van der Waals surface area contributed by atoms with Crippen molar-refractivity contribution in [1.29, 1.82) is 0 Å². The van der Waals surface area contributed by atoms with Crippen LogP contribution in [0.4, 0.5) is 0 Å². The fraction of sp³-hybridized carbons (Fsp3) is 0.300. The number of benzene rings is 2. The first-order chi connectivity index (χ1) is 10.7. The Hall–Kier alpha value is -2.22. The van der Waals surface area contributed by atoms with Crippen LogP contribution < -0.4 is 0 Å². The minimum absolute atomic E-state index is 0.366. The highest BCUT2D eigenvalue weighted by Gasteiger charge is 2.25. The Labute approximate surface area is 131 Å². The second-order valence-corrected chi connectivity index (χ2v) is 6.43. The molecule has 22 heavy (non-hydrogen) atoms. The van der Waals surface area contributed by atoms with Crippen LogP contribution in [0.1, 0.15) is 42.5 Å². The fourth-order valence-corrected chi connectivity index (χ4v) is 3.92. The van der Waals surface area contributed by atoms with Crippen LogP contribution in [0.25, 0.3) is 10.9 Å². The number of aryl methyl sites for hydroxylation is 1. The lowest BCUT2D eigenvalue weighted by atomic mass is 9.88. The summed E-state index contributed by atoms with van der Waals surface area (Å²) < 4.78 is 2.46. The van der Waals surface area contributed by atoms with E-state index in [0.29, 0.717) is 11.7 Å². The molecule has 0 bridgehead atoms. The zero-order chi connectivity index (χ0) is 15.1. The normalized spacial score (nSPS) is 17.6. The predicted octanol–water partition coefficient (Wildman–Crippen LogP) is 4.84. The van der Waals surface area contributed by atoms with Crippen molar-refractivity contribution in [3.63, 3.8) is 0 Å². The van der Waals surface area contributed by atoms with Gasteiger partial charge in [0.05, 0.1) is 0 Å². The van der Waals surface area contributed by atoms with Crippen LogP contribution in [-0.2, 0) is 13.0 Å². The molecule has 2 nitrogen and oxygen atoms in total. The van der Waals surface area contributed by atoms with E-state index in [9.17, 15) is 5.11 Å². The summed E-state index contributed by atoms with van der Waals surface area (Å²) in [6, 6.07) is 16.4. The predicted molar refractivity (Wildman–Crippen MR) is 90.5 cm³/mol. The summed E-state index contributed by atoms with van der Waals surface area (Å²) in [6.07, 6.45) is 3.62. The van der Waals surface area contributed by atoms with Gasteiger partial charge in [-0.1, -0.05) is 37.3 Å². The Morgan fingerprint density at radius 3 is 2.77 bits per heavy atom. The van der Waals surface area contributed by atoms with Crippen molar-refractivity contribution in [3.05, 3.63) is 65.4 Å². The van der Waals surface area contributed by atoms with Crippen LogP contribution >= 0.6 is 0 Å². The number of aromatic nitrogens is 1. The van der Waals surface area contributed by atoms with Gasteiger partial charge in [-0.3, -0.25) is 0 Å². The molecule has 1 atom stereocenters. The Balaban J connectivity index is 1.94. The van der Waals surface area contributed by atoms with Crippen LogP contribution in [0.15, 0.2) is 48.5 Å². The molecule has 1 aromatic heterocycles. The Morgan fingerprint density at radius 1 is 1.14 bits per heavy atom. The third kappa shape index (κ3) is 2.10. The third-order valence-corrected chi connectivity index (χ3v) is 4.91. The summed E-state index contributed by atoms with van der Waals surface area (Å²) in [5, 5.41) is 11.1. The van der Waals surface area contributed by atoms with Gasteiger partial charge in [-0.05, 0) is 54.5 Å². The monoisotopic (exact) mass is 291 g/mol. The topological polar surface area (TPSA) is 25.2 Å². The van der Waals surface area contributed by atoms with E-state index < -0.39 is 0 Å². The fourth-order valence-electron chi connectivity index (χ4n) is 3.92. The quantitative estimate of drug-likeness (QED) is 0.718. The molecule has 4 rings (SSSR count). The molecule has 1 aliphatic carbocycles. The maximum absolute atomic E-state index is 9.89. The van der Waals surface area contributed by atoms with Crippen molar-refractivity contribution in [2.75, 3.05) is 0 Å². The minimum atomic E-state index is 0.366. The lowest BCUT2D eigenvalue weighted by Crippen LogP contribution is -2.12. The molecule has 0 saturated carbocycles. The lowest BCUT2D eigenvalue weighted by molar-refractivity contribution is 0.476. The first-order valence-electron chi connectivity index (χ1n) is 8.12. The molecule has 0 saturated heterocycles. The number of rotatable bonds is 2. The van der Waals surface area contributed by atoms with Gasteiger partial charge in [-0.25, -0.2) is 0 Å². The molecule has 1 aliphatic rings. The molecule has 1 N–H and O–H groups in total. The molecule has 2 aromatic carbocycles. The Bertz CT molecular complexity index is 817. The molecular formula is C20H21NO. The number of fused-ring (bicyclic) bond motifs is 3. The van der Waals surface area contributed by atoms with Gasteiger partial charge in [0.2, 0.25) is 0 Å². The van der Waals surface area contributed by atoms with Crippen molar-refractivity contribution in [1.82, 2.24) is 4.57 Å². The molecular weight excluding hydrogens is 270 g/mol. The van der Waals surface area contributed by atoms with Crippen molar-refractivity contribution >= 4 is 10.9 Å². The van der Waals surface area contributed by atoms with E-state index in [0.717, 1.165) is 13.0 Å². The van der Waals surface area contributed by atoms with Crippen molar-refractivity contribution in [3.8, 4) is 5.75 Å². The summed E-state index contributed by atoms with van der Waals surface area (Å²) in [6.45, 7) is 3.24. The third-order valence-electron chi connectivity index (χ3n) is 4.91. The second kappa shape index (κ2) is 5.20. The highest BCUT2D eigenvalue weighted by Crippen LogP contribution is 2.39. The van der Waals surface area contributed by atoms with Gasteiger partial charge in [0, 0.05) is 23.1 Å². The number of aromatic hydroxyl groups is 1. The van der Waals surface area contributed by atoms with Crippen LogP contribution in [-0.4, -0.2) is 9.67 Å². The summed E-state index contributed by atoms with van der Waals surface area (Å²) in [4.78, 5) is 0. The molecule has 0 radical (unpaired) electrons. The van der Waals surface area contributed by atoms with Crippen LogP contribution in [0.3, 0.4) is 0 Å². The number of phenols is 1. The van der Waals surface area contributed by atoms with Gasteiger partial charge in [-0.15, -0.1) is 0 Å². The molecule has 0 aliphatic heterocycles. The van der Waals surface area contributed by atoms with E-state index in [1.807, 2.05) is 6.07 Å². The first-order valence-corrected chi connectivity index (χ1v) is 8.12. The van der Waals surface area contributed by atoms with E-state index in [-0.39, 0.29) is 0 Å². The Kier molecular flexibility index (Phi) is 3.18. The standard InChI is InChI=1S/C20H21NO/c1-14-6-5-9-17-18-12-16(22)10-11-19(18)21(20(14)17)13-15-7-3-2-4-8-15/h2-4,7-8,10-12,14,22H,5-6,9,13H2,1H3. The van der Waals surface area contributed by atoms with Crippen molar-refractivity contribution < 1.29 is 5.11 Å². The van der Waals surface area contributed by atoms with Crippen LogP contribution in [0.2, 0.25) is 0 Å². The lowest BCUT2D eigenvalue weighted by Gasteiger charge is -2.22. The summed E-state index contributed by atoms with van der Waals surface area (Å²) in [7, 11) is 0. The molecule has 3 aromatic rings. The minimum Gasteiger partial charge on any atom is -0.508 e. The van der Waals surface area contributed by atoms with Gasteiger partial charge in [0.15, 0.2) is 0 Å². The average Bonchev–Trinajstić information content (AvgIpc) is 2.83. The maximum Gasteiger partial charge on any atom is 0.116 e. The van der Waals surface area contributed by atoms with E-state index in [4.69, 9.17) is 0 Å². The zero-order valence-corrected chi connectivity index (χ0v) is 12.9. The zero-order valence-electron chi connectivity index (χ0n) is 12.9. The van der Waals surface area contributed by atoms with Gasteiger partial charge < -0.3 is 9.67 Å². The number of hydrogen-bond acceptors (Lipinski definition) is 1. The SMILES string of the molecule is CC1CCCc2c1n(Cc1ccccc1)c1ccc(O)cc21. The van der Waals surface area contributed by atoms with E-state index in [1.165, 1.54) is 40.6 Å². The van der Waals surface area contributed by atoms with Gasteiger partial charge >= 0.3 is 0 Å². The molecule has 1 heterocycles. The molecule has 2 heteroatoms. The molecule has 0 spiro atoms. The number of hydrogen-bond donors (Lipinski definition) is 1. The van der Waals surface area contributed by atoms with Gasteiger partial charge in [0.25, 0.3) is 0 Å². The van der Waals surface area contributed by atoms with E-state index in [1.54, 1.807) is 6.07 Å². The van der Waals surface area contributed by atoms with E-state index in [2.05, 4.69) is 47.9 Å². The first kappa shape index (κ1) is 13.4. The maximum atomic E-state index is 9.89. The molecule has 112 valence electrons. The van der Waals surface area contributed by atoms with Gasteiger partial charge in [0.1, 0.15) is 5.75 Å². The summed E-state index contributed by atoms with van der Waals surface area (Å²) in [5.41, 5.74) is 5.49. The average molecular weight is 291 g/mol. The van der Waals surface area contributed by atoms with Crippen LogP contribution in [0.5, 0.6) is 5.75 Å². The van der Waals surface area contributed by atoms with Crippen molar-refractivity contribution in [2.24, 2.45) is 0 Å². The highest BCUT2D eigenvalue weighted by molar-refractivity contribution is 5.87. The number of phenolic OH excluding ortho intramolecular Hbond substituents is 1.